The van der Waals surface area contributed by atoms with E-state index in [0.29, 0.717) is 12.8 Å². The molecule has 0 rings (SSSR count). The van der Waals surface area contributed by atoms with Gasteiger partial charge in [0.15, 0.2) is 6.10 Å². The number of hydrogen-bond acceptors (Lipinski definition) is 6. The summed E-state index contributed by atoms with van der Waals surface area (Å²) >= 11 is 0. The highest BCUT2D eigenvalue weighted by Crippen LogP contribution is 2.13. The summed E-state index contributed by atoms with van der Waals surface area (Å²) in [4.78, 5) is 37.3. The third kappa shape index (κ3) is 34.5. The van der Waals surface area contributed by atoms with Crippen molar-refractivity contribution < 1.29 is 28.6 Å². The summed E-state index contributed by atoms with van der Waals surface area (Å²) in [5.74, 6) is -1.06. The fourth-order valence-electron chi connectivity index (χ4n) is 4.95. The number of ether oxygens (including phenoxy) is 3. The van der Waals surface area contributed by atoms with Crippen molar-refractivity contribution in [3.63, 3.8) is 0 Å². The van der Waals surface area contributed by atoms with Crippen LogP contribution in [0.5, 0.6) is 0 Å². The van der Waals surface area contributed by atoms with E-state index in [0.717, 1.165) is 77.0 Å². The molecule has 6 heteroatoms. The predicted octanol–water partition coefficient (Wildman–Crippen LogP) is 11.6. The molecule has 6 nitrogen and oxygen atoms in total. The maximum absolute atomic E-state index is 12.6. The van der Waals surface area contributed by atoms with Crippen LogP contribution in [0, 0.1) is 0 Å². The van der Waals surface area contributed by atoms with Crippen molar-refractivity contribution in [3.8, 4) is 0 Å². The van der Waals surface area contributed by atoms with Crippen molar-refractivity contribution in [2.45, 2.75) is 181 Å². The standard InChI is InChI=1S/C41H70O6/c1-4-7-10-13-16-19-22-25-28-31-34-40(43)46-37-38(36-45-39(42)33-30-27-24-21-18-15-12-9-6-3)47-41(44)35-32-29-26-23-20-17-14-11-8-5-2/h9,12-13,16,18,21,27,30,38H,4-8,10-11,14-15,17,19-20,22-26,28-29,31-37H2,1-3H3/b12-9-,16-13-,21-18-,30-27-. The summed E-state index contributed by atoms with van der Waals surface area (Å²) < 4.78 is 16.4. The van der Waals surface area contributed by atoms with Gasteiger partial charge in [-0.1, -0.05) is 153 Å². The summed E-state index contributed by atoms with van der Waals surface area (Å²) in [7, 11) is 0. The average molecular weight is 659 g/mol. The van der Waals surface area contributed by atoms with Crippen LogP contribution in [0.3, 0.4) is 0 Å². The third-order valence-electron chi connectivity index (χ3n) is 7.85. The van der Waals surface area contributed by atoms with Gasteiger partial charge in [0.25, 0.3) is 0 Å². The van der Waals surface area contributed by atoms with Crippen molar-refractivity contribution in [2.75, 3.05) is 13.2 Å². The first-order chi connectivity index (χ1) is 23.0. The van der Waals surface area contributed by atoms with Gasteiger partial charge < -0.3 is 14.2 Å². The zero-order valence-corrected chi connectivity index (χ0v) is 30.5. The Morgan fingerprint density at radius 1 is 0.468 bits per heavy atom. The SMILES string of the molecule is CC/C=C\C/C=C\C/C=C\CC(=O)OCC(COC(=O)CCCCCC/C=C\CCCC)OC(=O)CCCCCCCCCCCC. The van der Waals surface area contributed by atoms with Crippen molar-refractivity contribution in [1.29, 1.82) is 0 Å². The lowest BCUT2D eigenvalue weighted by Gasteiger charge is -2.18. The second-order valence-electron chi connectivity index (χ2n) is 12.5. The molecule has 0 aromatic carbocycles. The van der Waals surface area contributed by atoms with Crippen LogP contribution in [0.2, 0.25) is 0 Å². The molecule has 1 unspecified atom stereocenters. The van der Waals surface area contributed by atoms with Crippen LogP contribution < -0.4 is 0 Å². The first kappa shape index (κ1) is 44.4. The third-order valence-corrected chi connectivity index (χ3v) is 7.85. The monoisotopic (exact) mass is 659 g/mol. The Hall–Kier alpha value is -2.63. The minimum atomic E-state index is -0.805. The highest BCUT2D eigenvalue weighted by Gasteiger charge is 2.19. The highest BCUT2D eigenvalue weighted by atomic mass is 16.6. The number of carbonyl (C=O) groups is 3. The quantitative estimate of drug-likeness (QED) is 0.0302. The van der Waals surface area contributed by atoms with Gasteiger partial charge in [-0.15, -0.1) is 0 Å². The molecule has 0 aliphatic carbocycles. The van der Waals surface area contributed by atoms with Crippen molar-refractivity contribution in [2.24, 2.45) is 0 Å². The van der Waals surface area contributed by atoms with Crippen molar-refractivity contribution in [3.05, 3.63) is 48.6 Å². The molecular formula is C41H70O6. The second-order valence-corrected chi connectivity index (χ2v) is 12.5. The fraction of sp³-hybridized carbons (Fsp3) is 0.732. The van der Waals surface area contributed by atoms with Crippen LogP contribution in [0.15, 0.2) is 48.6 Å². The normalized spacial score (nSPS) is 12.5. The maximum Gasteiger partial charge on any atom is 0.309 e. The molecule has 0 aromatic rings. The number of carbonyl (C=O) groups excluding carboxylic acids is 3. The molecule has 0 saturated carbocycles. The molecule has 0 bridgehead atoms. The van der Waals surface area contributed by atoms with Crippen LogP contribution in [0.1, 0.15) is 175 Å². The minimum Gasteiger partial charge on any atom is -0.462 e. The Balaban J connectivity index is 4.49. The van der Waals surface area contributed by atoms with Crippen molar-refractivity contribution in [1.82, 2.24) is 0 Å². The molecule has 1 atom stereocenters. The van der Waals surface area contributed by atoms with E-state index in [-0.39, 0.29) is 31.6 Å². The van der Waals surface area contributed by atoms with E-state index < -0.39 is 12.1 Å². The van der Waals surface area contributed by atoms with Crippen LogP contribution in [0.4, 0.5) is 0 Å². The number of hydrogen-bond donors (Lipinski definition) is 0. The fourth-order valence-corrected chi connectivity index (χ4v) is 4.95. The van der Waals surface area contributed by atoms with E-state index >= 15 is 0 Å². The molecule has 0 aromatic heterocycles. The molecule has 47 heavy (non-hydrogen) atoms. The molecule has 0 aliphatic heterocycles. The van der Waals surface area contributed by atoms with Gasteiger partial charge in [-0.05, 0) is 51.4 Å². The highest BCUT2D eigenvalue weighted by molar-refractivity contribution is 5.72. The number of esters is 3. The van der Waals surface area contributed by atoms with E-state index in [1.807, 2.05) is 6.08 Å². The smallest absolute Gasteiger partial charge is 0.309 e. The Labute approximate surface area is 288 Å². The molecule has 0 saturated heterocycles. The Morgan fingerprint density at radius 2 is 0.936 bits per heavy atom. The molecule has 0 heterocycles. The molecule has 0 spiro atoms. The van der Waals surface area contributed by atoms with E-state index in [9.17, 15) is 14.4 Å². The average Bonchev–Trinajstić information content (AvgIpc) is 3.06. The second kappa shape index (κ2) is 36.2. The Kier molecular flexibility index (Phi) is 34.2. The number of allylic oxidation sites excluding steroid dienone is 7. The van der Waals surface area contributed by atoms with E-state index in [1.54, 1.807) is 6.08 Å². The number of rotatable bonds is 33. The topological polar surface area (TPSA) is 78.9 Å². The first-order valence-electron chi connectivity index (χ1n) is 19.1. The summed E-state index contributed by atoms with van der Waals surface area (Å²) in [6.45, 7) is 6.32. The van der Waals surface area contributed by atoms with Gasteiger partial charge in [-0.2, -0.15) is 0 Å². The summed E-state index contributed by atoms with van der Waals surface area (Å²) in [6, 6.07) is 0. The molecule has 0 radical (unpaired) electrons. The molecule has 0 N–H and O–H groups in total. The first-order valence-corrected chi connectivity index (χ1v) is 19.1. The lowest BCUT2D eigenvalue weighted by atomic mass is 10.1. The van der Waals surface area contributed by atoms with Crippen molar-refractivity contribution >= 4 is 17.9 Å². The van der Waals surface area contributed by atoms with Gasteiger partial charge in [0.1, 0.15) is 13.2 Å². The van der Waals surface area contributed by atoms with Gasteiger partial charge in [0, 0.05) is 12.8 Å². The van der Waals surface area contributed by atoms with Gasteiger partial charge in [0.05, 0.1) is 6.42 Å². The van der Waals surface area contributed by atoms with E-state index in [4.69, 9.17) is 14.2 Å². The van der Waals surface area contributed by atoms with E-state index in [1.165, 1.54) is 57.8 Å². The zero-order chi connectivity index (χ0) is 34.5. The lowest BCUT2D eigenvalue weighted by molar-refractivity contribution is -0.166. The van der Waals surface area contributed by atoms with Gasteiger partial charge in [-0.25, -0.2) is 0 Å². The van der Waals surface area contributed by atoms with Gasteiger partial charge in [0.2, 0.25) is 0 Å². The van der Waals surface area contributed by atoms with Crippen LogP contribution in [-0.2, 0) is 28.6 Å². The molecule has 270 valence electrons. The molecule has 0 fully saturated rings. The minimum absolute atomic E-state index is 0.106. The van der Waals surface area contributed by atoms with Gasteiger partial charge in [-0.3, -0.25) is 14.4 Å². The molecule has 0 aliphatic rings. The van der Waals surface area contributed by atoms with E-state index in [2.05, 4.69) is 57.2 Å². The van der Waals surface area contributed by atoms with Crippen LogP contribution >= 0.6 is 0 Å². The summed E-state index contributed by atoms with van der Waals surface area (Å²) in [5.41, 5.74) is 0. The lowest BCUT2D eigenvalue weighted by Crippen LogP contribution is -2.30. The van der Waals surface area contributed by atoms with Crippen LogP contribution in [-0.4, -0.2) is 37.2 Å². The predicted molar refractivity (Wildman–Crippen MR) is 196 cm³/mol. The maximum atomic E-state index is 12.6. The van der Waals surface area contributed by atoms with Gasteiger partial charge >= 0.3 is 17.9 Å². The summed E-state index contributed by atoms with van der Waals surface area (Å²) in [6.07, 6.45) is 39.9. The zero-order valence-electron chi connectivity index (χ0n) is 30.5. The summed E-state index contributed by atoms with van der Waals surface area (Å²) in [5, 5.41) is 0. The van der Waals surface area contributed by atoms with Crippen LogP contribution in [0.25, 0.3) is 0 Å². The number of unbranched alkanes of at least 4 members (excludes halogenated alkanes) is 15. The molecule has 0 amide bonds. The largest absolute Gasteiger partial charge is 0.462 e. The Morgan fingerprint density at radius 3 is 1.53 bits per heavy atom. The Bertz CT molecular complexity index is 856. The molecular weight excluding hydrogens is 588 g/mol.